The van der Waals surface area contributed by atoms with Crippen LogP contribution >= 0.6 is 0 Å². The van der Waals surface area contributed by atoms with Crippen LogP contribution in [0.25, 0.3) is 0 Å². The lowest BCUT2D eigenvalue weighted by molar-refractivity contribution is 0.0389. The molecule has 1 heterocycles. The van der Waals surface area contributed by atoms with E-state index < -0.39 is 0 Å². The van der Waals surface area contributed by atoms with Crippen LogP contribution in [0, 0.1) is 16.7 Å². The molecule has 0 amide bonds. The maximum Gasteiger partial charge on any atom is 0.00501 e. The van der Waals surface area contributed by atoms with E-state index in [9.17, 15) is 0 Å². The normalized spacial score (nSPS) is 26.8. The number of nitrogens with two attached hydrogens (primary N) is 1. The first kappa shape index (κ1) is 13.4. The number of hydrogen-bond acceptors (Lipinski definition) is 2. The standard InChI is InChI=1S/C15H30N2/c1-14(2,3)13-5-9-17(10-6-13)12-15(11-16)7-4-8-15/h13H,4-12,16H2,1-3H3. The van der Waals surface area contributed by atoms with E-state index in [2.05, 4.69) is 25.7 Å². The molecule has 2 fully saturated rings. The Balaban J connectivity index is 1.79. The highest BCUT2D eigenvalue weighted by Gasteiger charge is 2.38. The molecule has 17 heavy (non-hydrogen) atoms. The zero-order valence-electron chi connectivity index (χ0n) is 12.0. The van der Waals surface area contributed by atoms with Gasteiger partial charge < -0.3 is 10.6 Å². The van der Waals surface area contributed by atoms with Gasteiger partial charge in [-0.1, -0.05) is 27.2 Å². The fourth-order valence-corrected chi connectivity index (χ4v) is 3.54. The lowest BCUT2D eigenvalue weighted by Gasteiger charge is -2.47. The second-order valence-corrected chi connectivity index (χ2v) is 7.47. The molecule has 1 saturated heterocycles. The molecular formula is C15H30N2. The van der Waals surface area contributed by atoms with Crippen molar-refractivity contribution in [3.8, 4) is 0 Å². The zero-order valence-corrected chi connectivity index (χ0v) is 12.0. The summed E-state index contributed by atoms with van der Waals surface area (Å²) >= 11 is 0. The molecule has 0 aromatic heterocycles. The van der Waals surface area contributed by atoms with Gasteiger partial charge >= 0.3 is 0 Å². The number of hydrogen-bond donors (Lipinski definition) is 1. The van der Waals surface area contributed by atoms with Gasteiger partial charge in [-0.3, -0.25) is 0 Å². The maximum atomic E-state index is 5.96. The molecule has 0 radical (unpaired) electrons. The maximum absolute atomic E-state index is 5.96. The van der Waals surface area contributed by atoms with Gasteiger partial charge in [-0.15, -0.1) is 0 Å². The fraction of sp³-hybridized carbons (Fsp3) is 1.00. The van der Waals surface area contributed by atoms with Gasteiger partial charge in [-0.2, -0.15) is 0 Å². The third-order valence-electron chi connectivity index (χ3n) is 5.22. The van der Waals surface area contributed by atoms with Crippen LogP contribution in [0.4, 0.5) is 0 Å². The van der Waals surface area contributed by atoms with Crippen LogP contribution in [-0.4, -0.2) is 31.1 Å². The predicted octanol–water partition coefficient (Wildman–Crippen LogP) is 2.87. The summed E-state index contributed by atoms with van der Waals surface area (Å²) in [5.74, 6) is 0.911. The highest BCUT2D eigenvalue weighted by molar-refractivity contribution is 4.92. The van der Waals surface area contributed by atoms with Crippen LogP contribution in [0.1, 0.15) is 52.9 Å². The molecule has 1 aliphatic heterocycles. The Hall–Kier alpha value is -0.0800. The van der Waals surface area contributed by atoms with Crippen LogP contribution in [0.2, 0.25) is 0 Å². The molecule has 2 rings (SSSR count). The van der Waals surface area contributed by atoms with Crippen LogP contribution < -0.4 is 5.73 Å². The van der Waals surface area contributed by atoms with Crippen molar-refractivity contribution in [2.24, 2.45) is 22.5 Å². The molecule has 2 heteroatoms. The molecule has 1 aliphatic carbocycles. The van der Waals surface area contributed by atoms with Gasteiger partial charge in [0.2, 0.25) is 0 Å². The minimum absolute atomic E-state index is 0.494. The number of rotatable bonds is 3. The summed E-state index contributed by atoms with van der Waals surface area (Å²) in [6, 6.07) is 0. The Morgan fingerprint density at radius 1 is 1.18 bits per heavy atom. The molecule has 1 saturated carbocycles. The van der Waals surface area contributed by atoms with Crippen molar-refractivity contribution < 1.29 is 0 Å². The molecule has 0 aromatic carbocycles. The average Bonchev–Trinajstić information content (AvgIpc) is 2.23. The first-order valence-electron chi connectivity index (χ1n) is 7.38. The molecule has 2 aliphatic rings. The van der Waals surface area contributed by atoms with Gasteiger partial charge in [0.05, 0.1) is 0 Å². The Morgan fingerprint density at radius 2 is 1.76 bits per heavy atom. The second-order valence-electron chi connectivity index (χ2n) is 7.47. The zero-order chi connectivity index (χ0) is 12.5. The van der Waals surface area contributed by atoms with E-state index in [0.29, 0.717) is 10.8 Å². The fourth-order valence-electron chi connectivity index (χ4n) is 3.54. The predicted molar refractivity (Wildman–Crippen MR) is 74.0 cm³/mol. The largest absolute Gasteiger partial charge is 0.330 e. The van der Waals surface area contributed by atoms with Crippen molar-refractivity contribution in [3.63, 3.8) is 0 Å². The summed E-state index contributed by atoms with van der Waals surface area (Å²) in [6.45, 7) is 11.9. The van der Waals surface area contributed by atoms with E-state index in [0.717, 1.165) is 12.5 Å². The summed E-state index contributed by atoms with van der Waals surface area (Å²) in [7, 11) is 0. The summed E-state index contributed by atoms with van der Waals surface area (Å²) in [5.41, 5.74) is 6.94. The van der Waals surface area contributed by atoms with Gasteiger partial charge in [-0.25, -0.2) is 0 Å². The van der Waals surface area contributed by atoms with Gasteiger partial charge in [0.25, 0.3) is 0 Å². The third kappa shape index (κ3) is 3.03. The third-order valence-corrected chi connectivity index (χ3v) is 5.22. The minimum Gasteiger partial charge on any atom is -0.330 e. The summed E-state index contributed by atoms with van der Waals surface area (Å²) in [6.07, 6.45) is 6.88. The summed E-state index contributed by atoms with van der Waals surface area (Å²) in [5, 5.41) is 0. The van der Waals surface area contributed by atoms with Crippen molar-refractivity contribution in [2.75, 3.05) is 26.2 Å². The van der Waals surface area contributed by atoms with E-state index in [1.54, 1.807) is 0 Å². The van der Waals surface area contributed by atoms with E-state index in [-0.39, 0.29) is 0 Å². The Labute approximate surface area is 107 Å². The molecule has 0 spiro atoms. The Morgan fingerprint density at radius 3 is 2.12 bits per heavy atom. The summed E-state index contributed by atoms with van der Waals surface area (Å²) < 4.78 is 0. The van der Waals surface area contributed by atoms with Crippen molar-refractivity contribution in [2.45, 2.75) is 52.9 Å². The van der Waals surface area contributed by atoms with Crippen LogP contribution in [-0.2, 0) is 0 Å². The smallest absolute Gasteiger partial charge is 0.00501 e. The number of likely N-dealkylation sites (tertiary alicyclic amines) is 1. The number of nitrogens with zero attached hydrogens (tertiary/aromatic N) is 1. The van der Waals surface area contributed by atoms with Crippen molar-refractivity contribution >= 4 is 0 Å². The highest BCUT2D eigenvalue weighted by atomic mass is 15.1. The molecular weight excluding hydrogens is 208 g/mol. The van der Waals surface area contributed by atoms with Gasteiger partial charge in [0.1, 0.15) is 0 Å². The van der Waals surface area contributed by atoms with Crippen molar-refractivity contribution in [3.05, 3.63) is 0 Å². The molecule has 0 atom stereocenters. The topological polar surface area (TPSA) is 29.3 Å². The van der Waals surface area contributed by atoms with Crippen LogP contribution in [0.3, 0.4) is 0 Å². The highest BCUT2D eigenvalue weighted by Crippen LogP contribution is 2.42. The lowest BCUT2D eigenvalue weighted by atomic mass is 9.68. The molecule has 0 bridgehead atoms. The van der Waals surface area contributed by atoms with Crippen molar-refractivity contribution in [1.82, 2.24) is 4.90 Å². The van der Waals surface area contributed by atoms with E-state index in [1.807, 2.05) is 0 Å². The molecule has 2 nitrogen and oxygen atoms in total. The molecule has 0 aromatic rings. The molecule has 100 valence electrons. The Bertz CT molecular complexity index is 237. The van der Waals surface area contributed by atoms with E-state index in [1.165, 1.54) is 51.7 Å². The van der Waals surface area contributed by atoms with E-state index >= 15 is 0 Å². The monoisotopic (exact) mass is 238 g/mol. The molecule has 0 unspecified atom stereocenters. The second kappa shape index (κ2) is 4.89. The van der Waals surface area contributed by atoms with Crippen LogP contribution in [0.15, 0.2) is 0 Å². The number of piperidine rings is 1. The van der Waals surface area contributed by atoms with Crippen LogP contribution in [0.5, 0.6) is 0 Å². The van der Waals surface area contributed by atoms with Gasteiger partial charge in [0.15, 0.2) is 0 Å². The average molecular weight is 238 g/mol. The van der Waals surface area contributed by atoms with Gasteiger partial charge in [0, 0.05) is 6.54 Å². The quantitative estimate of drug-likeness (QED) is 0.819. The SMILES string of the molecule is CC(C)(C)C1CCN(CC2(CN)CCC2)CC1. The first-order valence-corrected chi connectivity index (χ1v) is 7.38. The molecule has 2 N–H and O–H groups in total. The minimum atomic E-state index is 0.494. The van der Waals surface area contributed by atoms with Gasteiger partial charge in [-0.05, 0) is 62.1 Å². The van der Waals surface area contributed by atoms with Crippen molar-refractivity contribution in [1.29, 1.82) is 0 Å². The summed E-state index contributed by atoms with van der Waals surface area (Å²) in [4.78, 5) is 2.67. The van der Waals surface area contributed by atoms with E-state index in [4.69, 9.17) is 5.73 Å². The Kier molecular flexibility index (Phi) is 3.84. The lowest BCUT2D eigenvalue weighted by Crippen LogP contribution is -2.49. The first-order chi connectivity index (χ1) is 7.95.